The molecule has 118 valence electrons. The van der Waals surface area contributed by atoms with Crippen LogP contribution in [0.25, 0.3) is 0 Å². The summed E-state index contributed by atoms with van der Waals surface area (Å²) in [5, 5.41) is 7.47. The minimum Gasteiger partial charge on any atom is -0.371 e. The van der Waals surface area contributed by atoms with Gasteiger partial charge in [0.1, 0.15) is 6.54 Å². The number of halogens is 2. The molecule has 0 aliphatic carbocycles. The van der Waals surface area contributed by atoms with Crippen LogP contribution in [0.15, 0.2) is 36.5 Å². The molecule has 3 rings (SSSR count). The zero-order valence-electron chi connectivity index (χ0n) is 12.2. The molecule has 1 atom stereocenters. The van der Waals surface area contributed by atoms with E-state index >= 15 is 0 Å². The number of aromatic nitrogens is 2. The van der Waals surface area contributed by atoms with Gasteiger partial charge in [-0.3, -0.25) is 4.68 Å². The summed E-state index contributed by atoms with van der Waals surface area (Å²) in [4.78, 5) is 0. The van der Waals surface area contributed by atoms with Crippen LogP contribution in [-0.2, 0) is 17.7 Å². The number of nitrogens with one attached hydrogen (secondary N) is 1. The summed E-state index contributed by atoms with van der Waals surface area (Å²) in [6, 6.07) is 9.98. The number of morpholine rings is 1. The Hall–Kier alpha value is -1.79. The Morgan fingerprint density at radius 1 is 1.27 bits per heavy atom. The van der Waals surface area contributed by atoms with E-state index in [4.69, 9.17) is 4.74 Å². The van der Waals surface area contributed by atoms with E-state index in [1.165, 1.54) is 4.68 Å². The lowest BCUT2D eigenvalue weighted by Crippen LogP contribution is -2.33. The van der Waals surface area contributed by atoms with Crippen LogP contribution in [0.3, 0.4) is 0 Å². The monoisotopic (exact) mass is 307 g/mol. The molecule has 4 nitrogen and oxygen atoms in total. The number of rotatable bonds is 5. The second kappa shape index (κ2) is 6.98. The number of benzene rings is 1. The summed E-state index contributed by atoms with van der Waals surface area (Å²) in [5.41, 5.74) is 3.05. The van der Waals surface area contributed by atoms with Crippen molar-refractivity contribution in [1.29, 1.82) is 0 Å². The topological polar surface area (TPSA) is 39.1 Å². The Kier molecular flexibility index (Phi) is 4.80. The highest BCUT2D eigenvalue weighted by Crippen LogP contribution is 2.20. The molecule has 0 radical (unpaired) electrons. The highest BCUT2D eigenvalue weighted by molar-refractivity contribution is 5.27. The standard InChI is InChI=1S/C16H19F2N3O/c17-16(18)11-21-7-5-14(20-21)9-12-1-3-13(4-2-12)15-10-19-6-8-22-15/h1-5,7,15-16,19H,6,8-11H2. The number of hydrogen-bond donors (Lipinski definition) is 1. The molecule has 1 aliphatic heterocycles. The van der Waals surface area contributed by atoms with E-state index in [1.807, 2.05) is 12.1 Å². The third kappa shape index (κ3) is 3.90. The molecule has 1 unspecified atom stereocenters. The van der Waals surface area contributed by atoms with Gasteiger partial charge in [-0.2, -0.15) is 5.10 Å². The van der Waals surface area contributed by atoms with Crippen molar-refractivity contribution in [2.75, 3.05) is 19.7 Å². The maximum atomic E-state index is 12.3. The van der Waals surface area contributed by atoms with Crippen LogP contribution in [0.1, 0.15) is 22.9 Å². The van der Waals surface area contributed by atoms with E-state index in [0.29, 0.717) is 6.42 Å². The second-order valence-electron chi connectivity index (χ2n) is 5.40. The predicted molar refractivity (Wildman–Crippen MR) is 79.0 cm³/mol. The molecule has 2 heterocycles. The molecule has 1 N–H and O–H groups in total. The normalized spacial score (nSPS) is 18.8. The van der Waals surface area contributed by atoms with Gasteiger partial charge in [0.2, 0.25) is 0 Å². The van der Waals surface area contributed by atoms with Gasteiger partial charge in [-0.25, -0.2) is 8.78 Å². The van der Waals surface area contributed by atoms with E-state index in [2.05, 4.69) is 22.5 Å². The molecule has 1 aliphatic rings. The first-order valence-corrected chi connectivity index (χ1v) is 7.42. The summed E-state index contributed by atoms with van der Waals surface area (Å²) >= 11 is 0. The molecular formula is C16H19F2N3O. The molecule has 1 aromatic carbocycles. The first-order chi connectivity index (χ1) is 10.7. The molecule has 2 aromatic rings. The number of alkyl halides is 2. The molecule has 1 aromatic heterocycles. The van der Waals surface area contributed by atoms with Crippen molar-refractivity contribution in [3.63, 3.8) is 0 Å². The van der Waals surface area contributed by atoms with Gasteiger partial charge in [-0.15, -0.1) is 0 Å². The van der Waals surface area contributed by atoms with E-state index < -0.39 is 6.43 Å². The predicted octanol–water partition coefficient (Wildman–Crippen LogP) is 2.40. The van der Waals surface area contributed by atoms with Crippen LogP contribution in [0.4, 0.5) is 8.78 Å². The molecule has 1 saturated heterocycles. The van der Waals surface area contributed by atoms with Crippen molar-refractivity contribution in [3.05, 3.63) is 53.3 Å². The fourth-order valence-electron chi connectivity index (χ4n) is 2.58. The van der Waals surface area contributed by atoms with Crippen molar-refractivity contribution in [3.8, 4) is 0 Å². The van der Waals surface area contributed by atoms with E-state index in [9.17, 15) is 8.78 Å². The van der Waals surface area contributed by atoms with Gasteiger partial charge in [0.25, 0.3) is 6.43 Å². The summed E-state index contributed by atoms with van der Waals surface area (Å²) in [6.07, 6.45) is -0.0401. The summed E-state index contributed by atoms with van der Waals surface area (Å²) < 4.78 is 31.6. The van der Waals surface area contributed by atoms with Crippen LogP contribution in [0.5, 0.6) is 0 Å². The van der Waals surface area contributed by atoms with Gasteiger partial charge in [0.15, 0.2) is 0 Å². The van der Waals surface area contributed by atoms with Crippen LogP contribution in [-0.4, -0.2) is 35.9 Å². The van der Waals surface area contributed by atoms with Gasteiger partial charge < -0.3 is 10.1 Å². The highest BCUT2D eigenvalue weighted by Gasteiger charge is 2.15. The molecule has 0 spiro atoms. The quantitative estimate of drug-likeness (QED) is 0.922. The number of ether oxygens (including phenoxy) is 1. The second-order valence-corrected chi connectivity index (χ2v) is 5.40. The van der Waals surface area contributed by atoms with Crippen molar-refractivity contribution in [2.45, 2.75) is 25.5 Å². The molecule has 0 bridgehead atoms. The molecule has 22 heavy (non-hydrogen) atoms. The van der Waals surface area contributed by atoms with Crippen molar-refractivity contribution < 1.29 is 13.5 Å². The SMILES string of the molecule is FC(F)Cn1ccc(Cc2ccc(C3CNCCO3)cc2)n1. The largest absolute Gasteiger partial charge is 0.371 e. The fraction of sp³-hybridized carbons (Fsp3) is 0.438. The highest BCUT2D eigenvalue weighted by atomic mass is 19.3. The molecule has 6 heteroatoms. The molecule has 0 saturated carbocycles. The molecular weight excluding hydrogens is 288 g/mol. The summed E-state index contributed by atoms with van der Waals surface area (Å²) in [6.45, 7) is 2.10. The van der Waals surface area contributed by atoms with E-state index in [1.54, 1.807) is 12.3 Å². The Labute approximate surface area is 128 Å². The van der Waals surface area contributed by atoms with Crippen molar-refractivity contribution >= 4 is 0 Å². The zero-order valence-corrected chi connectivity index (χ0v) is 12.2. The maximum Gasteiger partial charge on any atom is 0.257 e. The Morgan fingerprint density at radius 2 is 2.09 bits per heavy atom. The van der Waals surface area contributed by atoms with Gasteiger partial charge in [-0.1, -0.05) is 24.3 Å². The summed E-state index contributed by atoms with van der Waals surface area (Å²) in [5.74, 6) is 0. The third-order valence-electron chi connectivity index (χ3n) is 3.69. The molecule has 0 amide bonds. The van der Waals surface area contributed by atoms with Crippen LogP contribution in [0, 0.1) is 0 Å². The lowest BCUT2D eigenvalue weighted by Gasteiger charge is -2.24. The minimum atomic E-state index is -2.38. The van der Waals surface area contributed by atoms with Gasteiger partial charge in [0, 0.05) is 25.7 Å². The first kappa shape index (κ1) is 15.1. The van der Waals surface area contributed by atoms with Crippen LogP contribution >= 0.6 is 0 Å². The number of hydrogen-bond acceptors (Lipinski definition) is 3. The average molecular weight is 307 g/mol. The fourth-order valence-corrected chi connectivity index (χ4v) is 2.58. The Morgan fingerprint density at radius 3 is 2.77 bits per heavy atom. The van der Waals surface area contributed by atoms with E-state index in [-0.39, 0.29) is 12.6 Å². The first-order valence-electron chi connectivity index (χ1n) is 7.42. The van der Waals surface area contributed by atoms with Crippen molar-refractivity contribution in [1.82, 2.24) is 15.1 Å². The van der Waals surface area contributed by atoms with E-state index in [0.717, 1.165) is 36.5 Å². The minimum absolute atomic E-state index is 0.105. The van der Waals surface area contributed by atoms with Gasteiger partial charge >= 0.3 is 0 Å². The lowest BCUT2D eigenvalue weighted by molar-refractivity contribution is 0.0277. The maximum absolute atomic E-state index is 12.3. The smallest absolute Gasteiger partial charge is 0.257 e. The lowest BCUT2D eigenvalue weighted by atomic mass is 10.0. The summed E-state index contributed by atoms with van der Waals surface area (Å²) in [7, 11) is 0. The van der Waals surface area contributed by atoms with Crippen LogP contribution < -0.4 is 5.32 Å². The Balaban J connectivity index is 1.61. The zero-order chi connectivity index (χ0) is 15.4. The number of nitrogens with zero attached hydrogens (tertiary/aromatic N) is 2. The van der Waals surface area contributed by atoms with Crippen molar-refractivity contribution in [2.24, 2.45) is 0 Å². The van der Waals surface area contributed by atoms with Gasteiger partial charge in [-0.05, 0) is 17.2 Å². The third-order valence-corrected chi connectivity index (χ3v) is 3.69. The van der Waals surface area contributed by atoms with Crippen LogP contribution in [0.2, 0.25) is 0 Å². The Bertz CT molecular complexity index is 592. The average Bonchev–Trinajstić information content (AvgIpc) is 2.95. The molecule has 1 fully saturated rings. The van der Waals surface area contributed by atoms with Gasteiger partial charge in [0.05, 0.1) is 18.4 Å².